The summed E-state index contributed by atoms with van der Waals surface area (Å²) in [5.41, 5.74) is -1.14. The average Bonchev–Trinajstić information content (AvgIpc) is 2.84. The number of amides is 1. The Kier molecular flexibility index (Phi) is 4.88. The first-order valence-corrected chi connectivity index (χ1v) is 7.44. The van der Waals surface area contributed by atoms with Gasteiger partial charge in [0.15, 0.2) is 0 Å². The van der Waals surface area contributed by atoms with Crippen LogP contribution in [-0.2, 0) is 14.3 Å². The molecule has 0 saturated carbocycles. The van der Waals surface area contributed by atoms with Crippen molar-refractivity contribution in [1.82, 2.24) is 14.5 Å². The molecule has 0 aromatic carbocycles. The van der Waals surface area contributed by atoms with Crippen LogP contribution in [0.5, 0.6) is 0 Å². The number of carbonyl (C=O) groups is 2. The lowest BCUT2D eigenvalue weighted by Crippen LogP contribution is -2.41. The molecule has 2 heterocycles. The van der Waals surface area contributed by atoms with Crippen LogP contribution in [0.4, 0.5) is 4.79 Å². The van der Waals surface area contributed by atoms with Crippen molar-refractivity contribution in [3.63, 3.8) is 0 Å². The molecule has 10 heteroatoms. The zero-order valence-electron chi connectivity index (χ0n) is 11.9. The highest BCUT2D eigenvalue weighted by Gasteiger charge is 2.39. The zero-order valence-corrected chi connectivity index (χ0v) is 14.0. The number of rotatable bonds is 2. The largest absolute Gasteiger partial charge is 0.461 e. The van der Waals surface area contributed by atoms with E-state index in [1.807, 2.05) is 0 Å². The van der Waals surface area contributed by atoms with E-state index < -0.39 is 35.6 Å². The van der Waals surface area contributed by atoms with Crippen molar-refractivity contribution < 1.29 is 19.1 Å². The lowest BCUT2D eigenvalue weighted by molar-refractivity contribution is -0.145. The highest BCUT2D eigenvalue weighted by atomic mass is 127. The average molecular weight is 423 g/mol. The van der Waals surface area contributed by atoms with Crippen LogP contribution >= 0.6 is 22.6 Å². The molecule has 1 aromatic heterocycles. The zero-order chi connectivity index (χ0) is 16.4. The van der Waals surface area contributed by atoms with Crippen LogP contribution in [0.25, 0.3) is 0 Å². The van der Waals surface area contributed by atoms with Crippen LogP contribution in [0.3, 0.4) is 0 Å². The van der Waals surface area contributed by atoms with Gasteiger partial charge in [-0.1, -0.05) is 0 Å². The van der Waals surface area contributed by atoms with E-state index in [2.05, 4.69) is 4.98 Å². The number of nitrogens with one attached hydrogen (secondary N) is 1. The second kappa shape index (κ2) is 6.50. The summed E-state index contributed by atoms with van der Waals surface area (Å²) in [5.74, 6) is -0.473. The highest BCUT2D eigenvalue weighted by Crippen LogP contribution is 2.28. The number of methoxy groups -OCH3 is 1. The van der Waals surface area contributed by atoms with Crippen molar-refractivity contribution in [3.8, 4) is 0 Å². The molecule has 2 rings (SSSR count). The molecule has 0 aliphatic carbocycles. The highest BCUT2D eigenvalue weighted by molar-refractivity contribution is 14.1. The molecule has 120 valence electrons. The molecular formula is C12H14IN3O6. The van der Waals surface area contributed by atoms with Gasteiger partial charge < -0.3 is 9.47 Å². The molecule has 1 amide bonds. The Labute approximate surface area is 138 Å². The molecule has 9 nitrogen and oxygen atoms in total. The van der Waals surface area contributed by atoms with Gasteiger partial charge in [0.25, 0.3) is 5.56 Å². The third kappa shape index (κ3) is 3.31. The van der Waals surface area contributed by atoms with E-state index in [4.69, 9.17) is 9.47 Å². The Morgan fingerprint density at radius 3 is 2.68 bits per heavy atom. The summed E-state index contributed by atoms with van der Waals surface area (Å²) in [6.45, 7) is 1.38. The van der Waals surface area contributed by atoms with Gasteiger partial charge >= 0.3 is 17.8 Å². The first-order valence-electron chi connectivity index (χ1n) is 6.36. The van der Waals surface area contributed by atoms with Crippen molar-refractivity contribution in [1.29, 1.82) is 0 Å². The number of H-pyrrole nitrogens is 1. The molecule has 1 aliphatic rings. The van der Waals surface area contributed by atoms with Crippen molar-refractivity contribution in [2.45, 2.75) is 25.6 Å². The fraction of sp³-hybridized carbons (Fsp3) is 0.500. The van der Waals surface area contributed by atoms with E-state index in [0.717, 1.165) is 0 Å². The molecular weight excluding hydrogens is 409 g/mol. The van der Waals surface area contributed by atoms with Gasteiger partial charge in [-0.2, -0.15) is 0 Å². The quantitative estimate of drug-likeness (QED) is 0.532. The first-order chi connectivity index (χ1) is 10.3. The predicted octanol–water partition coefficient (Wildman–Crippen LogP) is 0.0436. The van der Waals surface area contributed by atoms with Crippen molar-refractivity contribution in [2.24, 2.45) is 0 Å². The van der Waals surface area contributed by atoms with E-state index in [9.17, 15) is 19.2 Å². The molecule has 0 unspecified atom stereocenters. The third-order valence-electron chi connectivity index (χ3n) is 3.22. The van der Waals surface area contributed by atoms with Gasteiger partial charge in [-0.05, 0) is 22.6 Å². The summed E-state index contributed by atoms with van der Waals surface area (Å²) in [6.07, 6.45) is -0.296. The molecule has 1 saturated heterocycles. The monoisotopic (exact) mass is 423 g/mol. The van der Waals surface area contributed by atoms with Crippen molar-refractivity contribution in [3.05, 3.63) is 30.6 Å². The van der Waals surface area contributed by atoms with E-state index >= 15 is 0 Å². The Bertz CT molecular complexity index is 712. The Hall–Kier alpha value is -1.85. The molecule has 0 radical (unpaired) electrons. The normalized spacial score (nSPS) is 20.8. The number of carbonyl (C=O) groups excluding carboxylic acids is 2. The fourth-order valence-electron chi connectivity index (χ4n) is 2.36. The topological polar surface area (TPSA) is 111 Å². The molecule has 1 aliphatic heterocycles. The van der Waals surface area contributed by atoms with E-state index in [1.54, 1.807) is 22.6 Å². The van der Waals surface area contributed by atoms with Crippen LogP contribution in [-0.4, -0.2) is 46.3 Å². The number of halogens is 1. The van der Waals surface area contributed by atoms with E-state index in [0.29, 0.717) is 3.57 Å². The molecule has 1 fully saturated rings. The van der Waals surface area contributed by atoms with Gasteiger partial charge in [0, 0.05) is 19.5 Å². The lowest BCUT2D eigenvalue weighted by Gasteiger charge is -2.24. The van der Waals surface area contributed by atoms with Crippen LogP contribution in [0, 0.1) is 3.57 Å². The van der Waals surface area contributed by atoms with Gasteiger partial charge in [0.1, 0.15) is 12.3 Å². The summed E-state index contributed by atoms with van der Waals surface area (Å²) in [7, 11) is 1.22. The predicted molar refractivity (Wildman–Crippen MR) is 82.4 cm³/mol. The maximum atomic E-state index is 12.0. The molecule has 1 aromatic rings. The molecule has 1 N–H and O–H groups in total. The van der Waals surface area contributed by atoms with Crippen LogP contribution in [0.15, 0.2) is 15.8 Å². The number of hydrogen-bond donors (Lipinski definition) is 1. The lowest BCUT2D eigenvalue weighted by atomic mass is 10.3. The summed E-state index contributed by atoms with van der Waals surface area (Å²) >= 11 is 1.79. The summed E-state index contributed by atoms with van der Waals surface area (Å²) in [6, 6.07) is 0. The number of aromatic amines is 1. The Morgan fingerprint density at radius 1 is 1.41 bits per heavy atom. The van der Waals surface area contributed by atoms with Gasteiger partial charge in [-0.15, -0.1) is 0 Å². The van der Waals surface area contributed by atoms with Gasteiger partial charge in [-0.25, -0.2) is 9.59 Å². The second-order valence-electron chi connectivity index (χ2n) is 4.71. The van der Waals surface area contributed by atoms with Gasteiger partial charge in [-0.3, -0.25) is 24.0 Å². The van der Waals surface area contributed by atoms with E-state index in [-0.39, 0.29) is 13.0 Å². The first kappa shape index (κ1) is 16.5. The standard InChI is InChI=1S/C12H14IN3O6/c1-6(17)22-7-3-9(16(4-7)12(20)21-2)15-5-8(13)10(18)14-11(15)19/h5,7,9H,3-4H2,1-2H3,(H,14,18,19)/t7-,9-/m1/s1. The third-order valence-corrected chi connectivity index (χ3v) is 3.99. The van der Waals surface area contributed by atoms with Crippen molar-refractivity contribution in [2.75, 3.05) is 13.7 Å². The minimum absolute atomic E-state index is 0.110. The summed E-state index contributed by atoms with van der Waals surface area (Å²) < 4.78 is 11.3. The SMILES string of the molecule is COC(=O)N1C[C@H](OC(C)=O)C[C@@H]1n1cc(I)c(=O)[nH]c1=O. The minimum atomic E-state index is -0.699. The maximum absolute atomic E-state index is 12.0. The van der Waals surface area contributed by atoms with Crippen LogP contribution < -0.4 is 11.2 Å². The molecule has 0 bridgehead atoms. The minimum Gasteiger partial charge on any atom is -0.461 e. The molecule has 22 heavy (non-hydrogen) atoms. The van der Waals surface area contributed by atoms with Gasteiger partial charge in [0.2, 0.25) is 0 Å². The van der Waals surface area contributed by atoms with Crippen LogP contribution in [0.1, 0.15) is 19.5 Å². The number of aromatic nitrogens is 2. The number of ether oxygens (including phenoxy) is 2. The number of hydrogen-bond acceptors (Lipinski definition) is 6. The molecule has 2 atom stereocenters. The van der Waals surface area contributed by atoms with Crippen molar-refractivity contribution >= 4 is 34.7 Å². The summed E-state index contributed by atoms with van der Waals surface area (Å²) in [5, 5.41) is 0. The number of likely N-dealkylation sites (tertiary alicyclic amines) is 1. The van der Waals surface area contributed by atoms with E-state index in [1.165, 1.54) is 29.7 Å². The maximum Gasteiger partial charge on any atom is 0.411 e. The second-order valence-corrected chi connectivity index (χ2v) is 5.88. The van der Waals surface area contributed by atoms with Gasteiger partial charge in [0.05, 0.1) is 17.2 Å². The molecule has 0 spiro atoms. The number of nitrogens with zero attached hydrogens (tertiary/aromatic N) is 2. The smallest absolute Gasteiger partial charge is 0.411 e. The van der Waals surface area contributed by atoms with Crippen LogP contribution in [0.2, 0.25) is 0 Å². The Balaban J connectivity index is 2.39. The number of esters is 1. The Morgan fingerprint density at radius 2 is 2.09 bits per heavy atom. The fourth-order valence-corrected chi connectivity index (χ4v) is 2.79. The summed E-state index contributed by atoms with van der Waals surface area (Å²) in [4.78, 5) is 49.8.